The molecular weight excluding hydrogens is 944 g/mol. The second kappa shape index (κ2) is 24.3. The summed E-state index contributed by atoms with van der Waals surface area (Å²) >= 11 is 6.07. The van der Waals surface area contributed by atoms with Crippen molar-refractivity contribution in [1.82, 2.24) is 31.5 Å². The molecular formula is C50H61ClN6O12S. The second-order valence-corrected chi connectivity index (χ2v) is 20.3. The van der Waals surface area contributed by atoms with Crippen molar-refractivity contribution in [1.29, 1.82) is 0 Å². The Hall–Kier alpha value is -6.57. The van der Waals surface area contributed by atoms with Gasteiger partial charge in [-0.2, -0.15) is 8.42 Å². The van der Waals surface area contributed by atoms with E-state index < -0.39 is 93.0 Å². The first kappa shape index (κ1) is 54.4. The average molecular weight is 1010 g/mol. The number of carboxylic acid groups (broad SMARTS) is 1. The molecule has 70 heavy (non-hydrogen) atoms. The molecule has 1 saturated heterocycles. The third kappa shape index (κ3) is 16.0. The van der Waals surface area contributed by atoms with Crippen LogP contribution >= 0.6 is 11.6 Å². The molecule has 6 amide bonds. The van der Waals surface area contributed by atoms with Gasteiger partial charge in [0.05, 0.1) is 5.02 Å². The van der Waals surface area contributed by atoms with Crippen molar-refractivity contribution in [3.63, 3.8) is 0 Å². The lowest BCUT2D eigenvalue weighted by Crippen LogP contribution is -2.59. The lowest BCUT2D eigenvalue weighted by atomic mass is 9.97. The van der Waals surface area contributed by atoms with E-state index in [9.17, 15) is 56.7 Å². The molecule has 1 fully saturated rings. The highest BCUT2D eigenvalue weighted by Crippen LogP contribution is 2.25. The topological polar surface area (TPSA) is 278 Å². The van der Waals surface area contributed by atoms with Crippen LogP contribution in [0.1, 0.15) is 99.7 Å². The summed E-state index contributed by atoms with van der Waals surface area (Å²) in [5, 5.41) is 34.8. The Bertz CT molecular complexity index is 2670. The normalized spacial score (nSPS) is 15.5. The van der Waals surface area contributed by atoms with Crippen LogP contribution in [0.4, 0.5) is 0 Å². The number of likely N-dealkylation sites (tertiary alicyclic amines) is 1. The fourth-order valence-corrected chi connectivity index (χ4v) is 9.06. The lowest BCUT2D eigenvalue weighted by Gasteiger charge is -2.31. The zero-order chi connectivity index (χ0) is 51.3. The largest absolute Gasteiger partial charge is 0.506 e. The highest BCUT2D eigenvalue weighted by atomic mass is 35.5. The van der Waals surface area contributed by atoms with Crippen molar-refractivity contribution < 1.29 is 56.7 Å². The zero-order valence-electron chi connectivity index (χ0n) is 39.5. The van der Waals surface area contributed by atoms with Gasteiger partial charge in [0.25, 0.3) is 16.0 Å². The molecule has 0 spiro atoms. The third-order valence-electron chi connectivity index (χ3n) is 11.6. The van der Waals surface area contributed by atoms with Gasteiger partial charge in [-0.05, 0) is 98.5 Å². The molecule has 376 valence electrons. The molecule has 20 heteroatoms. The molecule has 4 aromatic carbocycles. The lowest BCUT2D eigenvalue weighted by molar-refractivity contribution is -0.142. The first-order valence-electron chi connectivity index (χ1n) is 23.1. The summed E-state index contributed by atoms with van der Waals surface area (Å²) in [6, 6.07) is 16.8. The van der Waals surface area contributed by atoms with Crippen LogP contribution in [-0.2, 0) is 57.5 Å². The van der Waals surface area contributed by atoms with Crippen LogP contribution in [0.5, 0.6) is 5.75 Å². The van der Waals surface area contributed by atoms with Crippen LogP contribution in [0.2, 0.25) is 5.02 Å². The number of fused-ring (bicyclic) bond motifs is 1. The van der Waals surface area contributed by atoms with Crippen LogP contribution in [0.15, 0.2) is 84.9 Å². The molecule has 0 saturated carbocycles. The number of phenolic OH excluding ortho intramolecular Hbond substituents is 1. The van der Waals surface area contributed by atoms with E-state index in [-0.39, 0.29) is 73.4 Å². The van der Waals surface area contributed by atoms with E-state index >= 15 is 0 Å². The van der Waals surface area contributed by atoms with Gasteiger partial charge >= 0.3 is 5.97 Å². The Morgan fingerprint density at radius 2 is 1.41 bits per heavy atom. The summed E-state index contributed by atoms with van der Waals surface area (Å²) in [5.74, 6) is -5.92. The summed E-state index contributed by atoms with van der Waals surface area (Å²) in [5.41, 5.74) is 0.812. The number of amides is 6. The number of carbonyl (C=O) groups is 7. The third-order valence-corrected chi connectivity index (χ3v) is 12.6. The SMILES string of the molecule is CCC[C@H](NC(=O)[C@H](Cc1ccc(CS(=O)(=O)O)cc1)NC(=O)c1ccc(O)c(Cl)c1)C(=O)N1CCC[C@H]1C(=O)N[C@@H](Cc1cccc2ccccc12)C(=O)N[C@@H](CCCC(=O)O)C(=O)NC(C)(C)C. The Morgan fingerprint density at radius 3 is 2.06 bits per heavy atom. The molecule has 0 aromatic heterocycles. The standard InChI is InChI=1S/C50H61ClN6O12S/c1-5-11-38(53-45(62)39(54-44(61)34-23-24-42(58)36(51)27-34)26-30-19-21-31(22-20-30)29-70(67,68)69)49(66)57-25-10-17-41(57)48(65)55-40(28-33-14-8-13-32-12-6-7-15-35(32)33)46(63)52-37(16-9-18-43(59)60)47(64)56-50(2,3)4/h6-8,12-15,19-24,27,37-41,58H,5,9-11,16-18,25-26,28-29H2,1-4H3,(H,52,63)(H,53,62)(H,54,61)(H,55,65)(H,56,64)(H,59,60)(H,67,68,69)/t37-,38-,39-,40-,41-/m0/s1. The summed E-state index contributed by atoms with van der Waals surface area (Å²) in [7, 11) is -4.33. The van der Waals surface area contributed by atoms with Crippen LogP contribution in [0.25, 0.3) is 10.8 Å². The minimum Gasteiger partial charge on any atom is -0.506 e. The smallest absolute Gasteiger partial charge is 0.303 e. The Labute approximate surface area is 412 Å². The van der Waals surface area contributed by atoms with Crippen molar-refractivity contribution in [3.05, 3.63) is 112 Å². The zero-order valence-corrected chi connectivity index (χ0v) is 41.1. The highest BCUT2D eigenvalue weighted by molar-refractivity contribution is 7.85. The first-order valence-corrected chi connectivity index (χ1v) is 25.0. The molecule has 0 aliphatic carbocycles. The quantitative estimate of drug-likeness (QED) is 0.0503. The molecule has 0 bridgehead atoms. The number of aromatic hydroxyl groups is 1. The van der Waals surface area contributed by atoms with Crippen LogP contribution < -0.4 is 26.6 Å². The molecule has 1 heterocycles. The number of rotatable bonds is 22. The fourth-order valence-electron chi connectivity index (χ4n) is 8.26. The number of benzene rings is 4. The molecule has 8 N–H and O–H groups in total. The molecule has 0 unspecified atom stereocenters. The van der Waals surface area contributed by atoms with Crippen molar-refractivity contribution in [2.45, 2.75) is 127 Å². The number of nitrogens with one attached hydrogen (secondary N) is 5. The van der Waals surface area contributed by atoms with Crippen LogP contribution in [-0.4, -0.2) is 112 Å². The Balaban J connectivity index is 1.39. The van der Waals surface area contributed by atoms with Crippen molar-refractivity contribution in [2.75, 3.05) is 6.54 Å². The Morgan fingerprint density at radius 1 is 0.771 bits per heavy atom. The summed E-state index contributed by atoms with van der Waals surface area (Å²) in [6.45, 7) is 7.24. The maximum atomic E-state index is 14.5. The monoisotopic (exact) mass is 1000 g/mol. The molecule has 4 aromatic rings. The van der Waals surface area contributed by atoms with Crippen molar-refractivity contribution >= 4 is 73.9 Å². The van der Waals surface area contributed by atoms with Crippen molar-refractivity contribution in [2.24, 2.45) is 0 Å². The molecule has 5 rings (SSSR count). The molecule has 0 radical (unpaired) electrons. The predicted molar refractivity (Wildman–Crippen MR) is 262 cm³/mol. The highest BCUT2D eigenvalue weighted by Gasteiger charge is 2.40. The van der Waals surface area contributed by atoms with E-state index in [1.807, 2.05) is 42.5 Å². The van der Waals surface area contributed by atoms with Gasteiger partial charge < -0.3 is 41.7 Å². The number of phenols is 1. The van der Waals surface area contributed by atoms with Gasteiger partial charge in [-0.15, -0.1) is 0 Å². The predicted octanol–water partition coefficient (Wildman–Crippen LogP) is 4.59. The molecule has 1 aliphatic heterocycles. The minimum absolute atomic E-state index is 0.00333. The van der Waals surface area contributed by atoms with Crippen molar-refractivity contribution in [3.8, 4) is 5.75 Å². The number of hydrogen-bond donors (Lipinski definition) is 8. The maximum Gasteiger partial charge on any atom is 0.303 e. The molecule has 5 atom stereocenters. The van der Waals surface area contributed by atoms with E-state index in [2.05, 4.69) is 26.6 Å². The number of aliphatic carboxylic acids is 1. The van der Waals surface area contributed by atoms with Gasteiger partial charge in [0, 0.05) is 36.9 Å². The van der Waals surface area contributed by atoms with E-state index in [1.54, 1.807) is 27.7 Å². The summed E-state index contributed by atoms with van der Waals surface area (Å²) < 4.78 is 32.2. The second-order valence-electron chi connectivity index (χ2n) is 18.5. The summed E-state index contributed by atoms with van der Waals surface area (Å²) in [4.78, 5) is 97.4. The van der Waals surface area contributed by atoms with Gasteiger partial charge in [-0.3, -0.25) is 38.1 Å². The molecule has 18 nitrogen and oxygen atoms in total. The van der Waals surface area contributed by atoms with Gasteiger partial charge in [0.1, 0.15) is 41.7 Å². The van der Waals surface area contributed by atoms with Gasteiger partial charge in [-0.1, -0.05) is 91.7 Å². The minimum atomic E-state index is -4.33. The van der Waals surface area contributed by atoms with Gasteiger partial charge in [-0.25, -0.2) is 0 Å². The van der Waals surface area contributed by atoms with E-state index in [4.69, 9.17) is 11.6 Å². The van der Waals surface area contributed by atoms with E-state index in [0.717, 1.165) is 16.3 Å². The summed E-state index contributed by atoms with van der Waals surface area (Å²) in [6.07, 6.45) is 0.902. The van der Waals surface area contributed by atoms with Gasteiger partial charge in [0.15, 0.2) is 0 Å². The first-order chi connectivity index (χ1) is 33.0. The van der Waals surface area contributed by atoms with E-state index in [0.29, 0.717) is 18.4 Å². The fraction of sp³-hybridized carbons (Fsp3) is 0.420. The van der Waals surface area contributed by atoms with Gasteiger partial charge in [0.2, 0.25) is 29.5 Å². The average Bonchev–Trinajstić information content (AvgIpc) is 3.79. The number of carbonyl (C=O) groups excluding carboxylic acids is 6. The Kier molecular flexibility index (Phi) is 18.9. The number of hydrogen-bond acceptors (Lipinski definition) is 10. The number of nitrogens with zero attached hydrogens (tertiary/aromatic N) is 1. The number of carboxylic acids is 1. The maximum absolute atomic E-state index is 14.5. The van der Waals surface area contributed by atoms with Crippen LogP contribution in [0, 0.1) is 0 Å². The molecule has 1 aliphatic rings. The van der Waals surface area contributed by atoms with E-state index in [1.165, 1.54) is 47.4 Å². The number of halogens is 1. The van der Waals surface area contributed by atoms with Crippen LogP contribution in [0.3, 0.4) is 0 Å².